The third-order valence-corrected chi connectivity index (χ3v) is 14.7. The van der Waals surface area contributed by atoms with E-state index >= 15 is 0 Å². The van der Waals surface area contributed by atoms with Crippen LogP contribution in [0.25, 0.3) is 17.9 Å². The number of rotatable bonds is 12. The molecule has 3 aromatic rings. The molecule has 57 heavy (non-hydrogen) atoms. The van der Waals surface area contributed by atoms with Crippen molar-refractivity contribution < 1.29 is 24.9 Å². The fourth-order valence-electron chi connectivity index (χ4n) is 11.7. The number of nitrogens with two attached hydrogens (primary N) is 1. The number of hydrogen-bond donors (Lipinski definition) is 4. The number of carboxylic acid groups (broad SMARTS) is 1. The molecule has 1 spiro atoms. The summed E-state index contributed by atoms with van der Waals surface area (Å²) in [5, 5.41) is 35.2. The number of carbonyl (C=O) groups is 2. The number of aliphatic hydroxyl groups excluding tert-OH is 1. The summed E-state index contributed by atoms with van der Waals surface area (Å²) in [5.74, 6) is 0.136. The predicted octanol–water partition coefficient (Wildman–Crippen LogP) is 8.90. The second-order valence-corrected chi connectivity index (χ2v) is 17.8. The fourth-order valence-corrected chi connectivity index (χ4v) is 11.7. The number of aromatic hydroxyl groups is 1. The average molecular weight is 766 g/mol. The molecule has 0 radical (unpaired) electrons. The monoisotopic (exact) mass is 765 g/mol. The molecule has 0 aromatic heterocycles. The molecule has 0 saturated heterocycles. The van der Waals surface area contributed by atoms with Gasteiger partial charge in [-0.15, -0.1) is 0 Å². The topological polar surface area (TPSA) is 121 Å². The molecule has 5 N–H and O–H groups in total. The van der Waals surface area contributed by atoms with Gasteiger partial charge in [0.05, 0.1) is 5.92 Å². The zero-order chi connectivity index (χ0) is 39.5. The van der Waals surface area contributed by atoms with E-state index in [1.54, 1.807) is 12.1 Å². The van der Waals surface area contributed by atoms with Crippen LogP contribution < -0.4 is 16.2 Å². The molecular weight excluding hydrogens is 707 g/mol. The van der Waals surface area contributed by atoms with Crippen LogP contribution in [0.4, 0.5) is 0 Å². The highest BCUT2D eigenvalue weighted by Crippen LogP contribution is 2.59. The van der Waals surface area contributed by atoms with Crippen LogP contribution in [0.5, 0.6) is 5.75 Å². The number of carbonyl (C=O) groups excluding carboxylic acids is 1. The first-order valence-electron chi connectivity index (χ1n) is 21.6. The summed E-state index contributed by atoms with van der Waals surface area (Å²) in [6, 6.07) is 22.5. The number of aliphatic hydroxyl groups is 1. The standard InChI is InChI=1S/C51H59NO5/c52-25-24-33-14-17-38(26-33)40(32-53)11-3-1-2-8-35-9-5-7-13-47(50(56)57)51-31-46-41(29-39-10-4-6-12-44(39)49(46)55)30-42(51)21-18-37-16-15-34(28-48(37)51)27-45(35)36-19-22-43(54)23-20-36/h4-7,10,12,15-16,18-23,26,28-29,32,35,38,40-42,45-47,54-55H,1-3,8-9,11,13-14,17,24-25,27,30-31,52H2,(H,56,57)/b7-5+/t35-,38-,40+,41+,42-,45-,46-,47-,51-/m0/s1. The number of unbranched alkanes of at least 4 members (excludes halogenated alkanes) is 2. The van der Waals surface area contributed by atoms with Gasteiger partial charge < -0.3 is 25.8 Å². The Morgan fingerprint density at radius 3 is 2.58 bits per heavy atom. The van der Waals surface area contributed by atoms with E-state index < -0.39 is 17.3 Å². The van der Waals surface area contributed by atoms with Crippen molar-refractivity contribution in [3.63, 3.8) is 0 Å². The highest BCUT2D eigenvalue weighted by molar-refractivity contribution is 5.76. The number of benzene rings is 3. The third-order valence-electron chi connectivity index (χ3n) is 14.7. The van der Waals surface area contributed by atoms with Gasteiger partial charge in [-0.1, -0.05) is 116 Å². The van der Waals surface area contributed by atoms with E-state index in [0.717, 1.165) is 92.2 Å². The maximum atomic E-state index is 13.6. The van der Waals surface area contributed by atoms with Gasteiger partial charge >= 0.3 is 5.97 Å². The summed E-state index contributed by atoms with van der Waals surface area (Å²) < 4.78 is 0. The Bertz CT molecular complexity index is 2170. The van der Waals surface area contributed by atoms with Crippen molar-refractivity contribution in [2.45, 2.75) is 94.8 Å². The van der Waals surface area contributed by atoms with Gasteiger partial charge in [0.25, 0.3) is 0 Å². The number of phenolic OH excluding ortho intramolecular Hbond substituents is 1. The van der Waals surface area contributed by atoms with Gasteiger partial charge in [0.2, 0.25) is 0 Å². The number of phenols is 1. The van der Waals surface area contributed by atoms with E-state index in [9.17, 15) is 24.9 Å². The van der Waals surface area contributed by atoms with Gasteiger partial charge in [0.1, 0.15) is 17.8 Å². The molecule has 298 valence electrons. The van der Waals surface area contributed by atoms with Crippen LogP contribution >= 0.6 is 0 Å². The second kappa shape index (κ2) is 17.0. The number of fused-ring (bicyclic) bond motifs is 3. The van der Waals surface area contributed by atoms with Crippen molar-refractivity contribution in [3.8, 4) is 5.75 Å². The smallest absolute Gasteiger partial charge is 0.307 e. The SMILES string of the molecule is NCCC1=C[C@@H]([C@@H](C=O)CCCCC[C@H]2C/C=C/C[C@@H](C(=O)O)[C@]34C[C@@H]5C(O)=c6ccccc6=C[C@@H]5C[C@@H]3C=Cc3ccc(cc34)C[C@@H]2c2ccc(O)cc2)CC1. The van der Waals surface area contributed by atoms with Crippen molar-refractivity contribution in [2.24, 2.45) is 47.2 Å². The van der Waals surface area contributed by atoms with Crippen molar-refractivity contribution in [3.05, 3.63) is 129 Å². The number of aliphatic carboxylic acids is 1. The molecule has 2 bridgehead atoms. The van der Waals surface area contributed by atoms with Crippen molar-refractivity contribution in [2.75, 3.05) is 6.54 Å². The maximum absolute atomic E-state index is 13.6. The average Bonchev–Trinajstić information content (AvgIpc) is 3.68. The van der Waals surface area contributed by atoms with Crippen LogP contribution in [0.15, 0.2) is 96.6 Å². The lowest BCUT2D eigenvalue weighted by atomic mass is 9.49. The van der Waals surface area contributed by atoms with Crippen molar-refractivity contribution in [1.82, 2.24) is 0 Å². The Kier molecular flexibility index (Phi) is 11.7. The van der Waals surface area contributed by atoms with E-state index in [1.165, 1.54) is 23.0 Å². The first-order valence-corrected chi connectivity index (χ1v) is 21.6. The first-order chi connectivity index (χ1) is 27.8. The molecule has 6 nitrogen and oxygen atoms in total. The molecule has 1 saturated carbocycles. The fraction of sp³-hybridized carbons (Fsp3) is 0.451. The van der Waals surface area contributed by atoms with Crippen LogP contribution in [0.2, 0.25) is 0 Å². The Balaban J connectivity index is 1.09. The predicted molar refractivity (Wildman–Crippen MR) is 228 cm³/mol. The van der Waals surface area contributed by atoms with Gasteiger partial charge in [-0.3, -0.25) is 4.79 Å². The van der Waals surface area contributed by atoms with Crippen LogP contribution in [0, 0.1) is 41.4 Å². The highest BCUT2D eigenvalue weighted by Gasteiger charge is 2.56. The molecule has 3 aromatic carbocycles. The first kappa shape index (κ1) is 39.2. The number of hydrogen-bond acceptors (Lipinski definition) is 5. The summed E-state index contributed by atoms with van der Waals surface area (Å²) in [4.78, 5) is 25.7. The van der Waals surface area contributed by atoms with Crippen molar-refractivity contribution >= 4 is 30.2 Å². The van der Waals surface area contributed by atoms with Crippen LogP contribution in [-0.2, 0) is 21.4 Å². The molecule has 5 aliphatic rings. The van der Waals surface area contributed by atoms with Crippen LogP contribution in [0.1, 0.15) is 105 Å². The highest BCUT2D eigenvalue weighted by atomic mass is 16.4. The Labute approximate surface area is 337 Å². The molecule has 0 aliphatic heterocycles. The largest absolute Gasteiger partial charge is 0.511 e. The minimum absolute atomic E-state index is 0.0189. The summed E-state index contributed by atoms with van der Waals surface area (Å²) in [6.07, 6.45) is 26.2. The normalized spacial score (nSPS) is 29.9. The van der Waals surface area contributed by atoms with E-state index in [0.29, 0.717) is 37.0 Å². The number of carboxylic acids is 1. The molecule has 9 atom stereocenters. The lowest BCUT2D eigenvalue weighted by Gasteiger charge is -2.54. The van der Waals surface area contributed by atoms with Gasteiger partial charge in [-0.25, -0.2) is 0 Å². The zero-order valence-corrected chi connectivity index (χ0v) is 33.1. The molecule has 6 heteroatoms. The summed E-state index contributed by atoms with van der Waals surface area (Å²) >= 11 is 0. The lowest BCUT2D eigenvalue weighted by Crippen LogP contribution is -2.54. The third kappa shape index (κ3) is 7.82. The van der Waals surface area contributed by atoms with E-state index in [1.807, 2.05) is 18.2 Å². The molecular formula is C51H59NO5. The zero-order valence-electron chi connectivity index (χ0n) is 33.1. The summed E-state index contributed by atoms with van der Waals surface area (Å²) in [6.45, 7) is 0.664. The quantitative estimate of drug-likeness (QED) is 0.0831. The van der Waals surface area contributed by atoms with Crippen molar-refractivity contribution in [1.29, 1.82) is 0 Å². The van der Waals surface area contributed by atoms with Gasteiger partial charge in [-0.2, -0.15) is 0 Å². The molecule has 1 fully saturated rings. The van der Waals surface area contributed by atoms with Gasteiger partial charge in [0, 0.05) is 22.5 Å². The molecule has 5 aliphatic carbocycles. The van der Waals surface area contributed by atoms with E-state index in [4.69, 9.17) is 5.73 Å². The Morgan fingerprint density at radius 2 is 1.77 bits per heavy atom. The van der Waals surface area contributed by atoms with Gasteiger partial charge in [-0.05, 0) is 140 Å². The minimum atomic E-state index is -0.776. The summed E-state index contributed by atoms with van der Waals surface area (Å²) in [5.41, 5.74) is 11.1. The van der Waals surface area contributed by atoms with E-state index in [2.05, 4.69) is 72.9 Å². The molecule has 0 heterocycles. The van der Waals surface area contributed by atoms with Gasteiger partial charge in [0.15, 0.2) is 0 Å². The minimum Gasteiger partial charge on any atom is -0.511 e. The maximum Gasteiger partial charge on any atom is 0.307 e. The van der Waals surface area contributed by atoms with Crippen LogP contribution in [0.3, 0.4) is 0 Å². The Morgan fingerprint density at radius 1 is 0.947 bits per heavy atom. The second-order valence-electron chi connectivity index (χ2n) is 17.8. The number of allylic oxidation sites excluding steroid dienone is 4. The summed E-state index contributed by atoms with van der Waals surface area (Å²) in [7, 11) is 0. The number of aldehydes is 1. The lowest BCUT2D eigenvalue weighted by molar-refractivity contribution is -0.146. The molecule has 0 unspecified atom stereocenters. The molecule has 8 rings (SSSR count). The molecule has 0 amide bonds. The van der Waals surface area contributed by atoms with E-state index in [-0.39, 0.29) is 35.3 Å². The van der Waals surface area contributed by atoms with Crippen LogP contribution in [-0.4, -0.2) is 34.1 Å². The Hall–Kier alpha value is -4.68.